The molecule has 0 aromatic carbocycles. The Morgan fingerprint density at radius 1 is 0.419 bits per heavy atom. The molecule has 0 unspecified atom stereocenters. The monoisotopic (exact) mass is 516 g/mol. The molecule has 188 valence electrons. The minimum absolute atomic E-state index is 0.653. The molecule has 10 heteroatoms. The quantitative estimate of drug-likeness (QED) is 0.119. The van der Waals surface area contributed by atoms with E-state index in [9.17, 15) is 0 Å². The summed E-state index contributed by atoms with van der Waals surface area (Å²) >= 11 is 4.05. The normalized spacial score (nSPS) is 12.6. The van der Waals surface area contributed by atoms with Crippen molar-refractivity contribution in [3.63, 3.8) is 0 Å². The molecule has 0 saturated carbocycles. The van der Waals surface area contributed by atoms with Crippen molar-refractivity contribution in [2.75, 3.05) is 62.7 Å². The lowest BCUT2D eigenvalue weighted by molar-refractivity contribution is 0.0704. The first-order valence-corrected chi connectivity index (χ1v) is 18.2. The minimum Gasteiger partial charge on any atom is -0.374 e. The zero-order valence-electron chi connectivity index (χ0n) is 20.9. The molecule has 0 atom stereocenters. The summed E-state index contributed by atoms with van der Waals surface area (Å²) in [6.07, 6.45) is 3.41. The topological polar surface area (TPSA) is 55.4 Å². The van der Waals surface area contributed by atoms with Crippen molar-refractivity contribution in [3.05, 3.63) is 0 Å². The average molecular weight is 517 g/mol. The van der Waals surface area contributed by atoms with Crippen LogP contribution in [0, 0.1) is 0 Å². The van der Waals surface area contributed by atoms with Crippen molar-refractivity contribution in [3.8, 4) is 0 Å². The fraction of sp³-hybridized carbons (Fsp3) is 1.00. The molecule has 0 fully saturated rings. The Labute approximate surface area is 202 Å². The molecule has 0 N–H and O–H groups in total. The van der Waals surface area contributed by atoms with E-state index < -0.39 is 17.6 Å². The highest BCUT2D eigenvalue weighted by Gasteiger charge is 2.40. The SMILES string of the molecule is CCO[Si](CCCSCCCSCCC[Si](OCC)(OCC)OCC)(OCC)OCC. The summed E-state index contributed by atoms with van der Waals surface area (Å²) in [5.74, 6) is 4.68. The molecule has 0 saturated heterocycles. The molecule has 0 aliphatic carbocycles. The highest BCUT2D eigenvalue weighted by atomic mass is 32.2. The first-order chi connectivity index (χ1) is 15.1. The molecule has 0 spiro atoms. The van der Waals surface area contributed by atoms with Gasteiger partial charge in [0.1, 0.15) is 0 Å². The summed E-state index contributed by atoms with van der Waals surface area (Å²) in [5, 5.41) is 0. The first kappa shape index (κ1) is 31.9. The molecule has 0 heterocycles. The van der Waals surface area contributed by atoms with E-state index in [2.05, 4.69) is 0 Å². The lowest BCUT2D eigenvalue weighted by Gasteiger charge is -2.28. The zero-order valence-corrected chi connectivity index (χ0v) is 24.5. The van der Waals surface area contributed by atoms with Crippen molar-refractivity contribution in [1.82, 2.24) is 0 Å². The van der Waals surface area contributed by atoms with Crippen LogP contribution in [0.5, 0.6) is 0 Å². The van der Waals surface area contributed by atoms with Crippen LogP contribution in [-0.4, -0.2) is 80.3 Å². The summed E-state index contributed by atoms with van der Waals surface area (Å²) in [4.78, 5) is 0. The van der Waals surface area contributed by atoms with Crippen LogP contribution in [0.1, 0.15) is 60.8 Å². The lowest BCUT2D eigenvalue weighted by Crippen LogP contribution is -2.46. The summed E-state index contributed by atoms with van der Waals surface area (Å²) in [6, 6.07) is 1.82. The van der Waals surface area contributed by atoms with Gasteiger partial charge >= 0.3 is 17.6 Å². The predicted molar refractivity (Wildman–Crippen MR) is 139 cm³/mol. The van der Waals surface area contributed by atoms with E-state index in [4.69, 9.17) is 26.6 Å². The van der Waals surface area contributed by atoms with Gasteiger partial charge in [0.05, 0.1) is 0 Å². The third kappa shape index (κ3) is 15.4. The Kier molecular flexibility index (Phi) is 22.0. The first-order valence-electron chi connectivity index (χ1n) is 12.1. The molecule has 0 aliphatic heterocycles. The van der Waals surface area contributed by atoms with E-state index >= 15 is 0 Å². The zero-order chi connectivity index (χ0) is 23.3. The third-order valence-electron chi connectivity index (χ3n) is 4.31. The maximum atomic E-state index is 5.92. The fourth-order valence-electron chi connectivity index (χ4n) is 3.25. The van der Waals surface area contributed by atoms with Crippen LogP contribution in [-0.2, 0) is 26.6 Å². The van der Waals surface area contributed by atoms with Crippen LogP contribution in [0.2, 0.25) is 12.1 Å². The maximum absolute atomic E-state index is 5.92. The second-order valence-corrected chi connectivity index (χ2v) is 14.7. The van der Waals surface area contributed by atoms with Crippen LogP contribution < -0.4 is 0 Å². The van der Waals surface area contributed by atoms with Crippen LogP contribution in [0.25, 0.3) is 0 Å². The Morgan fingerprint density at radius 2 is 0.677 bits per heavy atom. The lowest BCUT2D eigenvalue weighted by atomic mass is 10.6. The van der Waals surface area contributed by atoms with E-state index in [0.29, 0.717) is 39.6 Å². The highest BCUT2D eigenvalue weighted by molar-refractivity contribution is 8.00. The molecular weight excluding hydrogens is 469 g/mol. The number of thioether (sulfide) groups is 2. The molecule has 0 rings (SSSR count). The summed E-state index contributed by atoms with van der Waals surface area (Å²) < 4.78 is 35.5. The van der Waals surface area contributed by atoms with Crippen LogP contribution >= 0.6 is 23.5 Å². The van der Waals surface area contributed by atoms with E-state index in [1.165, 1.54) is 17.9 Å². The van der Waals surface area contributed by atoms with Crippen molar-refractivity contribution in [1.29, 1.82) is 0 Å². The molecule has 0 aromatic rings. The molecular formula is C21H48O6S2Si2. The van der Waals surface area contributed by atoms with Crippen LogP contribution in [0.4, 0.5) is 0 Å². The van der Waals surface area contributed by atoms with Gasteiger partial charge in [-0.05, 0) is 83.8 Å². The average Bonchev–Trinajstić information content (AvgIpc) is 2.73. The molecule has 0 radical (unpaired) electrons. The van der Waals surface area contributed by atoms with Crippen molar-refractivity contribution >= 4 is 41.1 Å². The number of rotatable bonds is 24. The van der Waals surface area contributed by atoms with Gasteiger partial charge in [0.2, 0.25) is 0 Å². The van der Waals surface area contributed by atoms with Gasteiger partial charge in [-0.25, -0.2) is 0 Å². The summed E-state index contributed by atoms with van der Waals surface area (Å²) in [6.45, 7) is 16.0. The summed E-state index contributed by atoms with van der Waals surface area (Å²) in [5.41, 5.74) is 0. The Bertz CT molecular complexity index is 329. The largest absolute Gasteiger partial charge is 0.500 e. The molecule has 0 aliphatic rings. The smallest absolute Gasteiger partial charge is 0.374 e. The van der Waals surface area contributed by atoms with Crippen molar-refractivity contribution in [2.24, 2.45) is 0 Å². The van der Waals surface area contributed by atoms with Gasteiger partial charge in [-0.2, -0.15) is 23.5 Å². The van der Waals surface area contributed by atoms with Crippen molar-refractivity contribution < 1.29 is 26.6 Å². The standard InChI is InChI=1S/C21H48O6S2Si2/c1-7-22-30(23-8-2,24-9-3)20-14-18-28-16-13-17-29-19-15-21-31(25-10-4,26-11-5)27-12-6/h7-21H2,1-6H3. The highest BCUT2D eigenvalue weighted by Crippen LogP contribution is 2.22. The van der Waals surface area contributed by atoms with E-state index in [0.717, 1.165) is 36.4 Å². The molecule has 6 nitrogen and oxygen atoms in total. The van der Waals surface area contributed by atoms with Crippen molar-refractivity contribution in [2.45, 2.75) is 72.9 Å². The second-order valence-electron chi connectivity index (χ2n) is 6.75. The second kappa shape index (κ2) is 21.4. The number of hydrogen-bond donors (Lipinski definition) is 0. The number of hydrogen-bond acceptors (Lipinski definition) is 8. The molecule has 0 bridgehead atoms. The van der Waals surface area contributed by atoms with Gasteiger partial charge in [-0.15, -0.1) is 0 Å². The minimum atomic E-state index is -2.46. The Hall–Kier alpha value is 0.894. The van der Waals surface area contributed by atoms with Gasteiger partial charge in [0.25, 0.3) is 0 Å². The third-order valence-corrected chi connectivity index (χ3v) is 12.9. The Balaban J connectivity index is 3.91. The van der Waals surface area contributed by atoms with E-state index in [-0.39, 0.29) is 0 Å². The fourth-order valence-corrected chi connectivity index (χ4v) is 11.0. The van der Waals surface area contributed by atoms with Gasteiger partial charge in [-0.3, -0.25) is 0 Å². The van der Waals surface area contributed by atoms with E-state index in [1.807, 2.05) is 65.1 Å². The molecule has 0 aromatic heterocycles. The van der Waals surface area contributed by atoms with Gasteiger partial charge < -0.3 is 26.6 Å². The summed E-state index contributed by atoms with van der Waals surface area (Å²) in [7, 11) is -4.93. The van der Waals surface area contributed by atoms with Crippen LogP contribution in [0.15, 0.2) is 0 Å². The molecule has 31 heavy (non-hydrogen) atoms. The Morgan fingerprint density at radius 3 is 0.935 bits per heavy atom. The van der Waals surface area contributed by atoms with Crippen LogP contribution in [0.3, 0.4) is 0 Å². The van der Waals surface area contributed by atoms with Gasteiger partial charge in [-0.1, -0.05) is 0 Å². The van der Waals surface area contributed by atoms with E-state index in [1.54, 1.807) is 0 Å². The predicted octanol–water partition coefficient (Wildman–Crippen LogP) is 5.72. The molecule has 0 amide bonds. The maximum Gasteiger partial charge on any atom is 0.500 e. The van der Waals surface area contributed by atoms with Gasteiger partial charge in [0.15, 0.2) is 0 Å². The van der Waals surface area contributed by atoms with Gasteiger partial charge in [0, 0.05) is 51.7 Å².